The number of halogens is 3. The molecule has 1 aliphatic heterocycles. The van der Waals surface area contributed by atoms with E-state index in [2.05, 4.69) is 4.90 Å². The lowest BCUT2D eigenvalue weighted by molar-refractivity contribution is 0.190. The topological polar surface area (TPSA) is 41.4 Å². The van der Waals surface area contributed by atoms with Crippen LogP contribution < -0.4 is 10.5 Å². The summed E-state index contributed by atoms with van der Waals surface area (Å²) in [6.07, 6.45) is 0. The second kappa shape index (κ2) is 8.00. The number of benzene rings is 2. The van der Waals surface area contributed by atoms with Crippen LogP contribution in [0, 0.1) is 13.8 Å². The van der Waals surface area contributed by atoms with Crippen molar-refractivity contribution in [3.05, 3.63) is 84.7 Å². The fraction of sp³-hybridized carbons (Fsp3) is 0.238. The fourth-order valence-electron chi connectivity index (χ4n) is 3.44. The molecule has 0 N–H and O–H groups in total. The van der Waals surface area contributed by atoms with Crippen LogP contribution in [0.2, 0.25) is 15.1 Å². The Hall–Kier alpha value is -2.05. The van der Waals surface area contributed by atoms with Gasteiger partial charge in [-0.2, -0.15) is 0 Å². The molecule has 0 aliphatic carbocycles. The highest BCUT2D eigenvalue weighted by Gasteiger charge is 2.28. The third kappa shape index (κ3) is 3.88. The fourth-order valence-corrected chi connectivity index (χ4v) is 4.14. The number of hydrogen-bond donors (Lipinski definition) is 0. The van der Waals surface area contributed by atoms with Gasteiger partial charge in [0.25, 0.3) is 5.56 Å². The Morgan fingerprint density at radius 2 is 1.76 bits per heavy atom. The van der Waals surface area contributed by atoms with Crippen LogP contribution in [0.15, 0.2) is 47.3 Å². The minimum atomic E-state index is -0.0635. The van der Waals surface area contributed by atoms with E-state index in [0.29, 0.717) is 52.2 Å². The summed E-state index contributed by atoms with van der Waals surface area (Å²) in [7, 11) is 0. The lowest BCUT2D eigenvalue weighted by Gasteiger charge is -2.38. The van der Waals surface area contributed by atoms with Gasteiger partial charge in [0.05, 0.1) is 24.0 Å². The summed E-state index contributed by atoms with van der Waals surface area (Å²) >= 11 is 18.9. The zero-order chi connectivity index (χ0) is 20.7. The highest BCUT2D eigenvalue weighted by atomic mass is 35.5. The van der Waals surface area contributed by atoms with Gasteiger partial charge in [-0.05, 0) is 43.7 Å². The molecule has 29 heavy (non-hydrogen) atoms. The van der Waals surface area contributed by atoms with Crippen molar-refractivity contribution in [3.63, 3.8) is 0 Å². The molecular formula is C21H19Cl3N4O. The van der Waals surface area contributed by atoms with Gasteiger partial charge in [0.15, 0.2) is 0 Å². The molecule has 0 fully saturated rings. The van der Waals surface area contributed by atoms with Crippen molar-refractivity contribution in [3.8, 4) is 0 Å². The first-order chi connectivity index (χ1) is 13.8. The molecule has 3 aromatic rings. The lowest BCUT2D eigenvalue weighted by Crippen LogP contribution is -2.47. The summed E-state index contributed by atoms with van der Waals surface area (Å²) in [6.45, 7) is 5.14. The van der Waals surface area contributed by atoms with Gasteiger partial charge in [-0.15, -0.1) is 0 Å². The van der Waals surface area contributed by atoms with Crippen LogP contribution in [0.25, 0.3) is 0 Å². The zero-order valence-electron chi connectivity index (χ0n) is 16.0. The Morgan fingerprint density at radius 1 is 1.00 bits per heavy atom. The van der Waals surface area contributed by atoms with Crippen molar-refractivity contribution in [2.45, 2.75) is 27.1 Å². The van der Waals surface area contributed by atoms with E-state index >= 15 is 0 Å². The Bertz CT molecular complexity index is 1150. The highest BCUT2D eigenvalue weighted by Crippen LogP contribution is 2.35. The first-order valence-corrected chi connectivity index (χ1v) is 10.2. The molecule has 4 rings (SSSR count). The van der Waals surface area contributed by atoms with Crippen LogP contribution in [0.5, 0.6) is 0 Å². The van der Waals surface area contributed by atoms with Crippen LogP contribution in [0.3, 0.4) is 0 Å². The number of aryl methyl sites for hydroxylation is 1. The van der Waals surface area contributed by atoms with Gasteiger partial charge in [0.1, 0.15) is 0 Å². The number of nitrogens with zero attached hydrogens (tertiary/aromatic N) is 4. The maximum atomic E-state index is 13.0. The SMILES string of the molecule is Cc1nc2n(c(=O)c1C)CN(Cc1ccccc1Cl)CN2c1ccc(Cl)cc1Cl. The molecule has 8 heteroatoms. The second-order valence-electron chi connectivity index (χ2n) is 7.08. The molecule has 1 aliphatic rings. The zero-order valence-corrected chi connectivity index (χ0v) is 18.3. The van der Waals surface area contributed by atoms with Crippen molar-refractivity contribution in [2.24, 2.45) is 0 Å². The minimum Gasteiger partial charge on any atom is -0.297 e. The molecule has 2 aromatic carbocycles. The summed E-state index contributed by atoms with van der Waals surface area (Å²) in [5.74, 6) is 0.567. The minimum absolute atomic E-state index is 0.0635. The normalized spacial score (nSPS) is 14.2. The smallest absolute Gasteiger partial charge is 0.259 e. The summed E-state index contributed by atoms with van der Waals surface area (Å²) in [5.41, 5.74) is 3.01. The molecule has 150 valence electrons. The third-order valence-electron chi connectivity index (χ3n) is 5.09. The highest BCUT2D eigenvalue weighted by molar-refractivity contribution is 6.36. The van der Waals surface area contributed by atoms with Crippen LogP contribution in [0.4, 0.5) is 11.6 Å². The van der Waals surface area contributed by atoms with Gasteiger partial charge in [0, 0.05) is 27.8 Å². The van der Waals surface area contributed by atoms with Crippen LogP contribution in [0.1, 0.15) is 16.8 Å². The van der Waals surface area contributed by atoms with E-state index in [-0.39, 0.29) is 5.56 Å². The first kappa shape index (κ1) is 20.2. The first-order valence-electron chi connectivity index (χ1n) is 9.11. The van der Waals surface area contributed by atoms with E-state index in [1.165, 1.54) is 0 Å². The quantitative estimate of drug-likeness (QED) is 0.537. The summed E-state index contributed by atoms with van der Waals surface area (Å²) < 4.78 is 1.67. The van der Waals surface area contributed by atoms with Gasteiger partial charge in [-0.25, -0.2) is 4.98 Å². The van der Waals surface area contributed by atoms with Crippen molar-refractivity contribution in [1.82, 2.24) is 14.5 Å². The predicted molar refractivity (Wildman–Crippen MR) is 118 cm³/mol. The number of aromatic nitrogens is 2. The molecule has 2 heterocycles. The third-order valence-corrected chi connectivity index (χ3v) is 6.00. The molecule has 0 atom stereocenters. The van der Waals surface area contributed by atoms with Crippen molar-refractivity contribution in [2.75, 3.05) is 11.6 Å². The van der Waals surface area contributed by atoms with E-state index < -0.39 is 0 Å². The summed E-state index contributed by atoms with van der Waals surface area (Å²) in [5, 5.41) is 1.74. The molecular weight excluding hydrogens is 431 g/mol. The number of anilines is 2. The molecule has 0 bridgehead atoms. The van der Waals surface area contributed by atoms with E-state index in [9.17, 15) is 4.79 Å². The molecule has 1 aromatic heterocycles. The Balaban J connectivity index is 1.82. The summed E-state index contributed by atoms with van der Waals surface area (Å²) in [6, 6.07) is 13.0. The van der Waals surface area contributed by atoms with Crippen LogP contribution in [-0.4, -0.2) is 21.1 Å². The van der Waals surface area contributed by atoms with Crippen molar-refractivity contribution in [1.29, 1.82) is 0 Å². The van der Waals surface area contributed by atoms with Gasteiger partial charge >= 0.3 is 0 Å². The van der Waals surface area contributed by atoms with Crippen molar-refractivity contribution < 1.29 is 0 Å². The van der Waals surface area contributed by atoms with E-state index in [1.54, 1.807) is 23.6 Å². The van der Waals surface area contributed by atoms with E-state index in [0.717, 1.165) is 11.3 Å². The molecule has 0 spiro atoms. The van der Waals surface area contributed by atoms with Gasteiger partial charge in [0.2, 0.25) is 5.95 Å². The monoisotopic (exact) mass is 448 g/mol. The Morgan fingerprint density at radius 3 is 2.48 bits per heavy atom. The molecule has 5 nitrogen and oxygen atoms in total. The Labute approximate surface area is 184 Å². The van der Waals surface area contributed by atoms with Crippen molar-refractivity contribution >= 4 is 46.4 Å². The van der Waals surface area contributed by atoms with Crippen LogP contribution in [-0.2, 0) is 13.2 Å². The largest absolute Gasteiger partial charge is 0.297 e. The Kier molecular flexibility index (Phi) is 5.58. The average Bonchev–Trinajstić information content (AvgIpc) is 2.68. The molecule has 0 amide bonds. The predicted octanol–water partition coefficient (Wildman–Crippen LogP) is 5.39. The van der Waals surface area contributed by atoms with E-state index in [1.807, 2.05) is 42.2 Å². The number of fused-ring (bicyclic) bond motifs is 1. The van der Waals surface area contributed by atoms with Gasteiger partial charge in [-0.3, -0.25) is 19.2 Å². The molecule has 0 radical (unpaired) electrons. The maximum absolute atomic E-state index is 13.0. The lowest BCUT2D eigenvalue weighted by atomic mass is 10.2. The second-order valence-corrected chi connectivity index (χ2v) is 8.33. The summed E-state index contributed by atoms with van der Waals surface area (Å²) in [4.78, 5) is 21.8. The van der Waals surface area contributed by atoms with Crippen LogP contribution >= 0.6 is 34.8 Å². The van der Waals surface area contributed by atoms with E-state index in [4.69, 9.17) is 39.8 Å². The number of hydrogen-bond acceptors (Lipinski definition) is 4. The molecule has 0 saturated carbocycles. The number of rotatable bonds is 3. The molecule has 0 unspecified atom stereocenters. The molecule has 0 saturated heterocycles. The van der Waals surface area contributed by atoms with Gasteiger partial charge < -0.3 is 0 Å². The maximum Gasteiger partial charge on any atom is 0.259 e. The standard InChI is InChI=1S/C21H19Cl3N4O/c1-13-14(2)25-21-27(19-8-7-16(22)9-18(19)24)11-26(12-28(21)20(13)29)10-15-5-3-4-6-17(15)23/h3-9H,10-12H2,1-2H3. The van der Waals surface area contributed by atoms with Gasteiger partial charge in [-0.1, -0.05) is 53.0 Å². The average molecular weight is 450 g/mol.